The van der Waals surface area contributed by atoms with Gasteiger partial charge in [0.25, 0.3) is 0 Å². The van der Waals surface area contributed by atoms with Gasteiger partial charge in [-0.25, -0.2) is 0 Å². The Kier molecular flexibility index (Phi) is 8.99. The lowest BCUT2D eigenvalue weighted by molar-refractivity contribution is 1.76. The highest BCUT2D eigenvalue weighted by Crippen LogP contribution is 2.24. The van der Waals surface area contributed by atoms with Crippen LogP contribution in [-0.2, 0) is 0 Å². The number of fused-ring (bicyclic) bond motifs is 3. The fourth-order valence-corrected chi connectivity index (χ4v) is 1.95. The molecule has 20 heavy (non-hydrogen) atoms. The monoisotopic (exact) mass is 262 g/mol. The van der Waals surface area contributed by atoms with Crippen LogP contribution in [0.4, 0.5) is 0 Å². The molecule has 0 radical (unpaired) electrons. The SMILES string of the molecule is C=C.C=C.C=C.c1ccc2c(c1)ccc1ccccc12. The molecule has 102 valence electrons. The van der Waals surface area contributed by atoms with E-state index in [2.05, 4.69) is 100 Å². The second-order valence-corrected chi connectivity index (χ2v) is 3.51. The average molecular weight is 262 g/mol. The summed E-state index contributed by atoms with van der Waals surface area (Å²) < 4.78 is 0. The van der Waals surface area contributed by atoms with Gasteiger partial charge in [-0.15, -0.1) is 39.5 Å². The Morgan fingerprint density at radius 3 is 1.05 bits per heavy atom. The standard InChI is InChI=1S/C14H10.3C2H4/c1-3-7-13-11(5-1)9-10-12-6-2-4-8-14(12)13;3*1-2/h1-10H;3*1-2H2. The Bertz CT molecular complexity index is 578. The van der Waals surface area contributed by atoms with Gasteiger partial charge in [0, 0.05) is 0 Å². The first-order valence-corrected chi connectivity index (χ1v) is 6.32. The lowest BCUT2D eigenvalue weighted by Crippen LogP contribution is -1.75. The van der Waals surface area contributed by atoms with Crippen molar-refractivity contribution >= 4 is 21.5 Å². The Morgan fingerprint density at radius 2 is 0.700 bits per heavy atom. The fraction of sp³-hybridized carbons (Fsp3) is 0. The van der Waals surface area contributed by atoms with Crippen molar-refractivity contribution in [2.24, 2.45) is 0 Å². The van der Waals surface area contributed by atoms with E-state index in [0.717, 1.165) is 0 Å². The van der Waals surface area contributed by atoms with Crippen LogP contribution in [0.25, 0.3) is 21.5 Å². The summed E-state index contributed by atoms with van der Waals surface area (Å²) in [5.74, 6) is 0. The van der Waals surface area contributed by atoms with Crippen LogP contribution in [0.5, 0.6) is 0 Å². The molecule has 0 aliphatic carbocycles. The molecule has 0 aromatic heterocycles. The predicted molar refractivity (Wildman–Crippen MR) is 95.2 cm³/mol. The smallest absolute Gasteiger partial charge is 0.0105 e. The van der Waals surface area contributed by atoms with Gasteiger partial charge in [-0.05, 0) is 21.5 Å². The van der Waals surface area contributed by atoms with Gasteiger partial charge in [-0.1, -0.05) is 60.7 Å². The van der Waals surface area contributed by atoms with Gasteiger partial charge in [-0.3, -0.25) is 0 Å². The molecule has 0 aliphatic heterocycles. The van der Waals surface area contributed by atoms with Gasteiger partial charge < -0.3 is 0 Å². The summed E-state index contributed by atoms with van der Waals surface area (Å²) in [7, 11) is 0. The molecule has 0 spiro atoms. The highest BCUT2D eigenvalue weighted by molar-refractivity contribution is 6.07. The Hall–Kier alpha value is -2.60. The second-order valence-electron chi connectivity index (χ2n) is 3.51. The third-order valence-corrected chi connectivity index (χ3v) is 2.65. The van der Waals surface area contributed by atoms with Crippen LogP contribution in [-0.4, -0.2) is 0 Å². The molecule has 3 aromatic carbocycles. The van der Waals surface area contributed by atoms with E-state index in [-0.39, 0.29) is 0 Å². The van der Waals surface area contributed by atoms with Gasteiger partial charge in [-0.2, -0.15) is 0 Å². The number of rotatable bonds is 0. The highest BCUT2D eigenvalue weighted by Gasteiger charge is 1.97. The molecule has 0 heteroatoms. The summed E-state index contributed by atoms with van der Waals surface area (Å²) in [6.07, 6.45) is 0. The maximum Gasteiger partial charge on any atom is -0.0105 e. The maximum absolute atomic E-state index is 3.00. The molecule has 0 fully saturated rings. The number of hydrogen-bond acceptors (Lipinski definition) is 0. The molecule has 0 saturated heterocycles. The van der Waals surface area contributed by atoms with Crippen molar-refractivity contribution in [3.05, 3.63) is 100 Å². The highest BCUT2D eigenvalue weighted by atomic mass is 14.0. The van der Waals surface area contributed by atoms with E-state index >= 15 is 0 Å². The molecule has 3 aromatic rings. The van der Waals surface area contributed by atoms with Crippen molar-refractivity contribution in [3.63, 3.8) is 0 Å². The normalized spacial score (nSPS) is 8.20. The summed E-state index contributed by atoms with van der Waals surface area (Å²) in [5, 5.41) is 5.30. The fourth-order valence-electron chi connectivity index (χ4n) is 1.95. The minimum atomic E-state index is 1.31. The Morgan fingerprint density at radius 1 is 0.400 bits per heavy atom. The molecule has 0 heterocycles. The molecule has 0 atom stereocenters. The van der Waals surface area contributed by atoms with Crippen molar-refractivity contribution in [2.45, 2.75) is 0 Å². The first-order valence-electron chi connectivity index (χ1n) is 6.32. The molecule has 0 bridgehead atoms. The van der Waals surface area contributed by atoms with Crippen LogP contribution in [0.1, 0.15) is 0 Å². The second kappa shape index (κ2) is 10.3. The maximum atomic E-state index is 3.00. The molecule has 0 aliphatic rings. The van der Waals surface area contributed by atoms with Crippen LogP contribution in [0.15, 0.2) is 100 Å². The lowest BCUT2D eigenvalue weighted by Gasteiger charge is -2.02. The van der Waals surface area contributed by atoms with Crippen molar-refractivity contribution < 1.29 is 0 Å². The van der Waals surface area contributed by atoms with Gasteiger partial charge in [0.1, 0.15) is 0 Å². The molecule has 3 rings (SSSR count). The summed E-state index contributed by atoms with van der Waals surface area (Å²) in [6, 6.07) is 21.4. The van der Waals surface area contributed by atoms with Crippen molar-refractivity contribution in [3.8, 4) is 0 Å². The van der Waals surface area contributed by atoms with Crippen molar-refractivity contribution in [1.82, 2.24) is 0 Å². The minimum absolute atomic E-state index is 1.31. The Labute approximate surface area is 122 Å². The zero-order valence-electron chi connectivity index (χ0n) is 12.0. The average Bonchev–Trinajstić information content (AvgIpc) is 2.60. The summed E-state index contributed by atoms with van der Waals surface area (Å²) in [6.45, 7) is 18.0. The quantitative estimate of drug-likeness (QED) is 0.325. The first kappa shape index (κ1) is 17.4. The van der Waals surface area contributed by atoms with E-state index in [0.29, 0.717) is 0 Å². The summed E-state index contributed by atoms with van der Waals surface area (Å²) in [5.41, 5.74) is 0. The minimum Gasteiger partial charge on any atom is -0.106 e. The zero-order chi connectivity index (χ0) is 15.4. The largest absolute Gasteiger partial charge is 0.106 e. The van der Waals surface area contributed by atoms with Gasteiger partial charge in [0.05, 0.1) is 0 Å². The molecule has 0 unspecified atom stereocenters. The Balaban J connectivity index is 0.000000538. The molecular formula is C20H22. The molecule has 0 saturated carbocycles. The van der Waals surface area contributed by atoms with Crippen molar-refractivity contribution in [1.29, 1.82) is 0 Å². The molecular weight excluding hydrogens is 240 g/mol. The summed E-state index contributed by atoms with van der Waals surface area (Å²) >= 11 is 0. The van der Waals surface area contributed by atoms with E-state index < -0.39 is 0 Å². The lowest BCUT2D eigenvalue weighted by atomic mass is 10.0. The van der Waals surface area contributed by atoms with Crippen molar-refractivity contribution in [2.75, 3.05) is 0 Å². The number of hydrogen-bond donors (Lipinski definition) is 0. The third-order valence-electron chi connectivity index (χ3n) is 2.65. The van der Waals surface area contributed by atoms with Crippen LogP contribution in [0, 0.1) is 0 Å². The molecule has 0 amide bonds. The van der Waals surface area contributed by atoms with E-state index in [1.165, 1.54) is 21.5 Å². The van der Waals surface area contributed by atoms with E-state index in [4.69, 9.17) is 0 Å². The van der Waals surface area contributed by atoms with E-state index in [1.807, 2.05) is 0 Å². The van der Waals surface area contributed by atoms with Gasteiger partial charge in [0.15, 0.2) is 0 Å². The zero-order valence-corrected chi connectivity index (χ0v) is 12.0. The van der Waals surface area contributed by atoms with Gasteiger partial charge in [0.2, 0.25) is 0 Å². The molecule has 0 N–H and O–H groups in total. The van der Waals surface area contributed by atoms with Crippen LogP contribution >= 0.6 is 0 Å². The van der Waals surface area contributed by atoms with Gasteiger partial charge >= 0.3 is 0 Å². The summed E-state index contributed by atoms with van der Waals surface area (Å²) in [4.78, 5) is 0. The van der Waals surface area contributed by atoms with Crippen LogP contribution in [0.3, 0.4) is 0 Å². The molecule has 0 nitrogen and oxygen atoms in total. The first-order chi connectivity index (χ1) is 9.95. The van der Waals surface area contributed by atoms with Crippen LogP contribution in [0.2, 0.25) is 0 Å². The topological polar surface area (TPSA) is 0 Å². The van der Waals surface area contributed by atoms with E-state index in [1.54, 1.807) is 0 Å². The van der Waals surface area contributed by atoms with E-state index in [9.17, 15) is 0 Å². The predicted octanol–water partition coefficient (Wildman–Crippen LogP) is 6.40. The number of benzene rings is 3. The van der Waals surface area contributed by atoms with Crippen LogP contribution < -0.4 is 0 Å². The third kappa shape index (κ3) is 3.96.